The summed E-state index contributed by atoms with van der Waals surface area (Å²) in [6, 6.07) is 3.16. The Hall–Kier alpha value is -0.410. The zero-order valence-corrected chi connectivity index (χ0v) is 8.54. The summed E-state index contributed by atoms with van der Waals surface area (Å²) in [6.45, 7) is 1.63. The molecule has 4 heteroatoms. The fourth-order valence-electron chi connectivity index (χ4n) is 0.888. The lowest BCUT2D eigenvalue weighted by Crippen LogP contribution is -1.98. The molecule has 1 nitrogen and oxygen atoms in total. The maximum Gasteiger partial charge on any atom is 0.255 e. The second-order valence-electron chi connectivity index (χ2n) is 2.33. The molecular formula is C8H5BrClFO. The van der Waals surface area contributed by atoms with Crippen LogP contribution < -0.4 is 0 Å². The lowest BCUT2D eigenvalue weighted by atomic mass is 10.1. The van der Waals surface area contributed by atoms with Gasteiger partial charge in [-0.2, -0.15) is 0 Å². The summed E-state index contributed by atoms with van der Waals surface area (Å²) in [7, 11) is 0. The molecule has 0 radical (unpaired) electrons. The van der Waals surface area contributed by atoms with Crippen LogP contribution in [0.4, 0.5) is 4.39 Å². The van der Waals surface area contributed by atoms with Gasteiger partial charge in [-0.25, -0.2) is 4.39 Å². The summed E-state index contributed by atoms with van der Waals surface area (Å²) >= 11 is 8.15. The molecular weight excluding hydrogens is 246 g/mol. The van der Waals surface area contributed by atoms with Crippen molar-refractivity contribution in [3.8, 4) is 0 Å². The smallest absolute Gasteiger partial charge is 0.255 e. The van der Waals surface area contributed by atoms with Crippen molar-refractivity contribution >= 4 is 32.8 Å². The Morgan fingerprint density at radius 3 is 2.58 bits per heavy atom. The molecule has 0 unspecified atom stereocenters. The Morgan fingerprint density at radius 1 is 1.58 bits per heavy atom. The Bertz CT molecular complexity index is 338. The predicted octanol–water partition coefficient (Wildman–Crippen LogP) is 3.28. The number of hydrogen-bond donors (Lipinski definition) is 0. The highest BCUT2D eigenvalue weighted by Gasteiger charge is 2.14. The molecule has 1 rings (SSSR count). The van der Waals surface area contributed by atoms with Crippen LogP contribution in [0.3, 0.4) is 0 Å². The van der Waals surface area contributed by atoms with Gasteiger partial charge in [0.15, 0.2) is 0 Å². The van der Waals surface area contributed by atoms with Crippen LogP contribution in [0.15, 0.2) is 16.6 Å². The van der Waals surface area contributed by atoms with E-state index < -0.39 is 11.1 Å². The van der Waals surface area contributed by atoms with Crippen LogP contribution in [0.2, 0.25) is 0 Å². The molecule has 0 saturated carbocycles. The maximum atomic E-state index is 13.2. The number of benzene rings is 1. The summed E-state index contributed by atoms with van der Waals surface area (Å²) in [5, 5.41) is -0.772. The van der Waals surface area contributed by atoms with Crippen LogP contribution in [0, 0.1) is 12.7 Å². The van der Waals surface area contributed by atoms with Gasteiger partial charge in [0.1, 0.15) is 5.82 Å². The average molecular weight is 251 g/mol. The molecule has 0 aliphatic carbocycles. The summed E-state index contributed by atoms with van der Waals surface area (Å²) < 4.78 is 13.4. The van der Waals surface area contributed by atoms with E-state index in [0.29, 0.717) is 5.56 Å². The molecule has 0 spiro atoms. The van der Waals surface area contributed by atoms with Crippen molar-refractivity contribution in [1.82, 2.24) is 0 Å². The lowest BCUT2D eigenvalue weighted by molar-refractivity contribution is 0.107. The van der Waals surface area contributed by atoms with E-state index >= 15 is 0 Å². The zero-order chi connectivity index (χ0) is 9.30. The summed E-state index contributed by atoms with van der Waals surface area (Å²) in [4.78, 5) is 10.7. The molecule has 0 amide bonds. The van der Waals surface area contributed by atoms with E-state index in [-0.39, 0.29) is 10.0 Å². The molecule has 0 bridgehead atoms. The fourth-order valence-corrected chi connectivity index (χ4v) is 1.45. The van der Waals surface area contributed by atoms with E-state index in [1.165, 1.54) is 6.07 Å². The van der Waals surface area contributed by atoms with Crippen molar-refractivity contribution in [2.24, 2.45) is 0 Å². The van der Waals surface area contributed by atoms with Gasteiger partial charge in [0, 0.05) is 0 Å². The van der Waals surface area contributed by atoms with Crippen LogP contribution in [-0.4, -0.2) is 5.24 Å². The highest BCUT2D eigenvalue weighted by molar-refractivity contribution is 9.10. The van der Waals surface area contributed by atoms with Crippen LogP contribution in [0.5, 0.6) is 0 Å². The summed E-state index contributed by atoms with van der Waals surface area (Å²) in [6.07, 6.45) is 0. The molecule has 1 aromatic rings. The van der Waals surface area contributed by atoms with Gasteiger partial charge in [-0.05, 0) is 46.1 Å². The second-order valence-corrected chi connectivity index (χ2v) is 3.52. The van der Waals surface area contributed by atoms with Crippen LogP contribution in [-0.2, 0) is 0 Å². The Balaban J connectivity index is 3.43. The number of rotatable bonds is 1. The number of aryl methyl sites for hydroxylation is 1. The van der Waals surface area contributed by atoms with Crippen LogP contribution >= 0.6 is 27.5 Å². The van der Waals surface area contributed by atoms with Gasteiger partial charge in [-0.1, -0.05) is 6.07 Å². The molecule has 12 heavy (non-hydrogen) atoms. The third-order valence-electron chi connectivity index (χ3n) is 1.50. The van der Waals surface area contributed by atoms with Crippen LogP contribution in [0.25, 0.3) is 0 Å². The van der Waals surface area contributed by atoms with E-state index in [1.54, 1.807) is 13.0 Å². The van der Waals surface area contributed by atoms with Crippen molar-refractivity contribution in [2.45, 2.75) is 6.92 Å². The van der Waals surface area contributed by atoms with Crippen LogP contribution in [0.1, 0.15) is 15.9 Å². The monoisotopic (exact) mass is 250 g/mol. The molecule has 0 saturated heterocycles. The first-order valence-electron chi connectivity index (χ1n) is 3.18. The fraction of sp³-hybridized carbons (Fsp3) is 0.125. The topological polar surface area (TPSA) is 17.1 Å². The number of carbonyl (C=O) groups is 1. The number of halogens is 3. The second kappa shape index (κ2) is 3.54. The molecule has 0 fully saturated rings. The largest absolute Gasteiger partial charge is 0.275 e. The lowest BCUT2D eigenvalue weighted by Gasteiger charge is -2.02. The molecule has 0 aromatic heterocycles. The maximum absolute atomic E-state index is 13.2. The third-order valence-corrected chi connectivity index (χ3v) is 2.30. The molecule has 0 aliphatic heterocycles. The Labute approximate surface area is 82.7 Å². The number of carbonyl (C=O) groups excluding carboxylic acids is 1. The molecule has 0 aliphatic rings. The van der Waals surface area contributed by atoms with Gasteiger partial charge in [0.25, 0.3) is 5.24 Å². The Morgan fingerprint density at radius 2 is 2.17 bits per heavy atom. The third kappa shape index (κ3) is 1.67. The van der Waals surface area contributed by atoms with Crippen molar-refractivity contribution < 1.29 is 9.18 Å². The Kier molecular flexibility index (Phi) is 2.85. The first kappa shape index (κ1) is 9.68. The van der Waals surface area contributed by atoms with E-state index in [4.69, 9.17) is 11.6 Å². The quantitative estimate of drug-likeness (QED) is 0.700. The minimum atomic E-state index is -0.772. The van der Waals surface area contributed by atoms with Gasteiger partial charge < -0.3 is 0 Å². The van der Waals surface area contributed by atoms with E-state index in [0.717, 1.165) is 0 Å². The highest BCUT2D eigenvalue weighted by atomic mass is 79.9. The highest BCUT2D eigenvalue weighted by Crippen LogP contribution is 2.23. The van der Waals surface area contributed by atoms with Gasteiger partial charge in [0.2, 0.25) is 0 Å². The van der Waals surface area contributed by atoms with Gasteiger partial charge in [-0.3, -0.25) is 4.79 Å². The normalized spacial score (nSPS) is 10.0. The van der Waals surface area contributed by atoms with Crippen molar-refractivity contribution in [1.29, 1.82) is 0 Å². The number of hydrogen-bond acceptors (Lipinski definition) is 1. The van der Waals surface area contributed by atoms with Gasteiger partial charge >= 0.3 is 0 Å². The minimum absolute atomic E-state index is 0.0639. The van der Waals surface area contributed by atoms with E-state index in [2.05, 4.69) is 15.9 Å². The molecule has 0 atom stereocenters. The molecule has 0 heterocycles. The van der Waals surface area contributed by atoms with Gasteiger partial charge in [0.05, 0.1) is 10.0 Å². The SMILES string of the molecule is Cc1ccc(Br)c(F)c1C(=O)Cl. The van der Waals surface area contributed by atoms with Crippen molar-refractivity contribution in [3.63, 3.8) is 0 Å². The minimum Gasteiger partial charge on any atom is -0.275 e. The summed E-state index contributed by atoms with van der Waals surface area (Å²) in [5.41, 5.74) is 0.474. The average Bonchev–Trinajstić information content (AvgIpc) is 1.97. The van der Waals surface area contributed by atoms with Crippen molar-refractivity contribution in [3.05, 3.63) is 33.5 Å². The molecule has 64 valence electrons. The van der Waals surface area contributed by atoms with E-state index in [9.17, 15) is 9.18 Å². The standard InChI is InChI=1S/C8H5BrClFO/c1-4-2-3-5(9)7(11)6(4)8(10)12/h2-3H,1H3. The van der Waals surface area contributed by atoms with E-state index in [1.807, 2.05) is 0 Å². The summed E-state index contributed by atoms with van der Waals surface area (Å²) in [5.74, 6) is -0.602. The first-order chi connectivity index (χ1) is 5.54. The van der Waals surface area contributed by atoms with Gasteiger partial charge in [-0.15, -0.1) is 0 Å². The molecule has 0 N–H and O–H groups in total. The predicted molar refractivity (Wildman–Crippen MR) is 49.0 cm³/mol. The zero-order valence-electron chi connectivity index (χ0n) is 6.20. The van der Waals surface area contributed by atoms with Crippen molar-refractivity contribution in [2.75, 3.05) is 0 Å². The first-order valence-corrected chi connectivity index (χ1v) is 4.35. The molecule has 1 aromatic carbocycles.